The molecule has 1 aliphatic heterocycles. The molecule has 0 saturated carbocycles. The van der Waals surface area contributed by atoms with Crippen LogP contribution < -0.4 is 0 Å². The number of hydrogen-bond acceptors (Lipinski definition) is 5. The first kappa shape index (κ1) is 14.8. The Hall–Kier alpha value is -1.64. The number of carbonyl (C=O) groups excluding carboxylic acids is 1. The highest BCUT2D eigenvalue weighted by molar-refractivity contribution is 5.88. The lowest BCUT2D eigenvalue weighted by atomic mass is 10.1. The monoisotopic (exact) mass is 293 g/mol. The standard InChI is InChI=1S/C11H14F3N3O3/c1-2-20-10(18)8-9(11(12,13)14)17(16-15-8)7-3-5-19-6-4-7/h7H,2-6H2,1H3. The van der Waals surface area contributed by atoms with E-state index in [1.165, 1.54) is 6.92 Å². The van der Waals surface area contributed by atoms with Crippen LogP contribution in [0.15, 0.2) is 0 Å². The summed E-state index contributed by atoms with van der Waals surface area (Å²) < 4.78 is 49.9. The average molecular weight is 293 g/mol. The van der Waals surface area contributed by atoms with E-state index in [4.69, 9.17) is 4.74 Å². The molecule has 2 rings (SSSR count). The average Bonchev–Trinajstić information content (AvgIpc) is 2.84. The lowest BCUT2D eigenvalue weighted by Crippen LogP contribution is -2.26. The summed E-state index contributed by atoms with van der Waals surface area (Å²) in [7, 11) is 0. The highest BCUT2D eigenvalue weighted by Crippen LogP contribution is 2.34. The predicted molar refractivity (Wildman–Crippen MR) is 60.1 cm³/mol. The smallest absolute Gasteiger partial charge is 0.435 e. The van der Waals surface area contributed by atoms with Crippen molar-refractivity contribution in [3.05, 3.63) is 11.4 Å². The van der Waals surface area contributed by atoms with Crippen molar-refractivity contribution in [3.63, 3.8) is 0 Å². The number of halogens is 3. The van der Waals surface area contributed by atoms with Gasteiger partial charge in [-0.3, -0.25) is 0 Å². The Labute approximate surface area is 112 Å². The normalized spacial score (nSPS) is 17.2. The van der Waals surface area contributed by atoms with Gasteiger partial charge in [0.15, 0.2) is 5.69 Å². The molecule has 0 N–H and O–H groups in total. The third kappa shape index (κ3) is 2.92. The summed E-state index contributed by atoms with van der Waals surface area (Å²) in [6, 6.07) is -0.476. The molecule has 1 aromatic rings. The SMILES string of the molecule is CCOC(=O)c1nnn(C2CCOCC2)c1C(F)(F)F. The molecule has 0 bridgehead atoms. The minimum absolute atomic E-state index is 0.0275. The summed E-state index contributed by atoms with van der Waals surface area (Å²) in [5, 5.41) is 6.85. The number of ether oxygens (including phenoxy) is 2. The molecule has 1 aliphatic rings. The fraction of sp³-hybridized carbons (Fsp3) is 0.727. The van der Waals surface area contributed by atoms with Crippen LogP contribution in [0, 0.1) is 0 Å². The Morgan fingerprint density at radius 1 is 1.45 bits per heavy atom. The van der Waals surface area contributed by atoms with E-state index < -0.39 is 29.6 Å². The second-order valence-corrected chi connectivity index (χ2v) is 4.29. The van der Waals surface area contributed by atoms with Crippen LogP contribution >= 0.6 is 0 Å². The molecule has 0 aromatic carbocycles. The van der Waals surface area contributed by atoms with Gasteiger partial charge in [-0.05, 0) is 19.8 Å². The van der Waals surface area contributed by atoms with E-state index in [1.807, 2.05) is 0 Å². The van der Waals surface area contributed by atoms with Crippen LogP contribution in [-0.4, -0.2) is 40.8 Å². The van der Waals surface area contributed by atoms with Crippen molar-refractivity contribution >= 4 is 5.97 Å². The van der Waals surface area contributed by atoms with E-state index >= 15 is 0 Å². The minimum atomic E-state index is -4.72. The second-order valence-electron chi connectivity index (χ2n) is 4.29. The van der Waals surface area contributed by atoms with Gasteiger partial charge in [-0.15, -0.1) is 5.10 Å². The van der Waals surface area contributed by atoms with Crippen molar-refractivity contribution in [2.75, 3.05) is 19.8 Å². The van der Waals surface area contributed by atoms with Crippen LogP contribution in [-0.2, 0) is 15.7 Å². The maximum absolute atomic E-state index is 13.2. The van der Waals surface area contributed by atoms with Crippen LogP contribution in [0.3, 0.4) is 0 Å². The molecule has 0 unspecified atom stereocenters. The van der Waals surface area contributed by atoms with Crippen LogP contribution in [0.2, 0.25) is 0 Å². The molecule has 6 nitrogen and oxygen atoms in total. The number of aromatic nitrogens is 3. The molecule has 0 amide bonds. The second kappa shape index (κ2) is 5.78. The van der Waals surface area contributed by atoms with Crippen LogP contribution in [0.1, 0.15) is 42.0 Å². The molecule has 112 valence electrons. The molecule has 0 radical (unpaired) electrons. The Bertz CT molecular complexity index is 481. The number of carbonyl (C=O) groups is 1. The van der Waals surface area contributed by atoms with Crippen molar-refractivity contribution in [1.29, 1.82) is 0 Å². The lowest BCUT2D eigenvalue weighted by molar-refractivity contribution is -0.146. The van der Waals surface area contributed by atoms with Crippen molar-refractivity contribution in [1.82, 2.24) is 15.0 Å². The lowest BCUT2D eigenvalue weighted by Gasteiger charge is -2.24. The van der Waals surface area contributed by atoms with E-state index in [1.54, 1.807) is 0 Å². The topological polar surface area (TPSA) is 66.2 Å². The zero-order chi connectivity index (χ0) is 14.8. The van der Waals surface area contributed by atoms with Gasteiger partial charge in [-0.2, -0.15) is 13.2 Å². The zero-order valence-electron chi connectivity index (χ0n) is 10.8. The van der Waals surface area contributed by atoms with Crippen LogP contribution in [0.4, 0.5) is 13.2 Å². The van der Waals surface area contributed by atoms with Gasteiger partial charge in [0.25, 0.3) is 0 Å². The minimum Gasteiger partial charge on any atom is -0.461 e. The van der Waals surface area contributed by atoms with E-state index in [2.05, 4.69) is 15.0 Å². The molecule has 0 spiro atoms. The summed E-state index contributed by atoms with van der Waals surface area (Å²) in [6.45, 7) is 2.20. The number of nitrogens with zero attached hydrogens (tertiary/aromatic N) is 3. The van der Waals surface area contributed by atoms with Gasteiger partial charge in [-0.1, -0.05) is 5.21 Å². The van der Waals surface area contributed by atoms with Crippen molar-refractivity contribution in [2.45, 2.75) is 32.0 Å². The largest absolute Gasteiger partial charge is 0.461 e. The van der Waals surface area contributed by atoms with Gasteiger partial charge >= 0.3 is 12.1 Å². The van der Waals surface area contributed by atoms with Gasteiger partial charge in [0.1, 0.15) is 0 Å². The molecule has 1 fully saturated rings. The van der Waals surface area contributed by atoms with Gasteiger partial charge in [0.2, 0.25) is 5.69 Å². The summed E-state index contributed by atoms with van der Waals surface area (Å²) in [5.41, 5.74) is -1.94. The molecule has 0 aliphatic carbocycles. The fourth-order valence-electron chi connectivity index (χ4n) is 2.08. The maximum Gasteiger partial charge on any atom is 0.435 e. The molecular formula is C11H14F3N3O3. The zero-order valence-corrected chi connectivity index (χ0v) is 10.8. The van der Waals surface area contributed by atoms with Gasteiger partial charge < -0.3 is 9.47 Å². The third-order valence-electron chi connectivity index (χ3n) is 2.97. The quantitative estimate of drug-likeness (QED) is 0.795. The first-order valence-corrected chi connectivity index (χ1v) is 6.22. The number of esters is 1. The van der Waals surface area contributed by atoms with E-state index in [-0.39, 0.29) is 6.61 Å². The van der Waals surface area contributed by atoms with Crippen molar-refractivity contribution in [2.24, 2.45) is 0 Å². The van der Waals surface area contributed by atoms with Gasteiger partial charge in [0.05, 0.1) is 12.6 Å². The highest BCUT2D eigenvalue weighted by atomic mass is 19.4. The molecule has 1 aromatic heterocycles. The van der Waals surface area contributed by atoms with Crippen LogP contribution in [0.25, 0.3) is 0 Å². The van der Waals surface area contributed by atoms with E-state index in [9.17, 15) is 18.0 Å². The van der Waals surface area contributed by atoms with Gasteiger partial charge in [-0.25, -0.2) is 9.48 Å². The number of alkyl halides is 3. The summed E-state index contributed by atoms with van der Waals surface area (Å²) >= 11 is 0. The van der Waals surface area contributed by atoms with Gasteiger partial charge in [0, 0.05) is 13.2 Å². The molecule has 2 heterocycles. The summed E-state index contributed by atoms with van der Waals surface area (Å²) in [6.07, 6.45) is -3.92. The highest BCUT2D eigenvalue weighted by Gasteiger charge is 2.43. The Morgan fingerprint density at radius 2 is 2.10 bits per heavy atom. The maximum atomic E-state index is 13.2. The number of rotatable bonds is 3. The predicted octanol–water partition coefficient (Wildman–Crippen LogP) is 1.83. The van der Waals surface area contributed by atoms with Crippen molar-refractivity contribution in [3.8, 4) is 0 Å². The summed E-state index contributed by atoms with van der Waals surface area (Å²) in [5.74, 6) is -1.11. The molecule has 0 atom stereocenters. The Kier molecular flexibility index (Phi) is 4.26. The number of hydrogen-bond donors (Lipinski definition) is 0. The molecular weight excluding hydrogens is 279 g/mol. The molecule has 9 heteroatoms. The van der Waals surface area contributed by atoms with E-state index in [0.717, 1.165) is 4.68 Å². The third-order valence-corrected chi connectivity index (χ3v) is 2.97. The van der Waals surface area contributed by atoms with Crippen molar-refractivity contribution < 1.29 is 27.4 Å². The first-order chi connectivity index (χ1) is 9.45. The summed E-state index contributed by atoms with van der Waals surface area (Å²) in [4.78, 5) is 11.5. The molecule has 20 heavy (non-hydrogen) atoms. The van der Waals surface area contributed by atoms with Crippen LogP contribution in [0.5, 0.6) is 0 Å². The Balaban J connectivity index is 2.39. The fourth-order valence-corrected chi connectivity index (χ4v) is 2.08. The van der Waals surface area contributed by atoms with E-state index in [0.29, 0.717) is 26.1 Å². The molecule has 1 saturated heterocycles. The Morgan fingerprint density at radius 3 is 2.65 bits per heavy atom. The first-order valence-electron chi connectivity index (χ1n) is 6.22.